The highest BCUT2D eigenvalue weighted by Gasteiger charge is 2.18. The maximum absolute atomic E-state index is 4.52. The Labute approximate surface area is 157 Å². The third-order valence-corrected chi connectivity index (χ3v) is 5.87. The predicted molar refractivity (Wildman–Crippen MR) is 106 cm³/mol. The Balaban J connectivity index is 1.08. The number of hydrogen-bond donors (Lipinski definition) is 2. The van der Waals surface area contributed by atoms with Crippen molar-refractivity contribution in [1.29, 1.82) is 0 Å². The van der Waals surface area contributed by atoms with E-state index >= 15 is 0 Å². The zero-order valence-electron chi connectivity index (χ0n) is 15.9. The lowest BCUT2D eigenvalue weighted by Crippen LogP contribution is -2.36. The average molecular weight is 356 g/mol. The van der Waals surface area contributed by atoms with Gasteiger partial charge in [-0.2, -0.15) is 0 Å². The Morgan fingerprint density at radius 2 is 1.85 bits per heavy atom. The van der Waals surface area contributed by atoms with Crippen LogP contribution in [0.1, 0.15) is 56.3 Å². The van der Waals surface area contributed by atoms with Gasteiger partial charge < -0.3 is 10.6 Å². The van der Waals surface area contributed by atoms with E-state index in [4.69, 9.17) is 0 Å². The highest BCUT2D eigenvalue weighted by atomic mass is 15.2. The molecule has 1 aliphatic heterocycles. The molecule has 5 heteroatoms. The molecule has 5 nitrogen and oxygen atoms in total. The van der Waals surface area contributed by atoms with Crippen molar-refractivity contribution in [1.82, 2.24) is 24.9 Å². The van der Waals surface area contributed by atoms with E-state index in [2.05, 4.69) is 43.1 Å². The Kier molecular flexibility index (Phi) is 6.20. The molecule has 0 amide bonds. The fourth-order valence-electron chi connectivity index (χ4n) is 4.46. The molecule has 2 N–H and O–H groups in total. The Morgan fingerprint density at radius 3 is 2.77 bits per heavy atom. The zero-order valence-corrected chi connectivity index (χ0v) is 15.9. The molecular formula is C21H33N5. The van der Waals surface area contributed by atoms with E-state index in [1.54, 1.807) is 0 Å². The molecule has 2 aromatic rings. The van der Waals surface area contributed by atoms with Crippen LogP contribution in [0.15, 0.2) is 24.4 Å². The summed E-state index contributed by atoms with van der Waals surface area (Å²) in [6.07, 6.45) is 11.6. The second kappa shape index (κ2) is 8.98. The second-order valence-electron chi connectivity index (χ2n) is 7.92. The molecular weight excluding hydrogens is 322 g/mol. The monoisotopic (exact) mass is 355 g/mol. The molecule has 142 valence electrons. The van der Waals surface area contributed by atoms with Crippen molar-refractivity contribution in [3.63, 3.8) is 0 Å². The molecule has 0 atom stereocenters. The topological polar surface area (TPSA) is 44.6 Å². The van der Waals surface area contributed by atoms with Crippen LogP contribution in [0.3, 0.4) is 0 Å². The van der Waals surface area contributed by atoms with E-state index in [0.29, 0.717) is 0 Å². The van der Waals surface area contributed by atoms with E-state index in [-0.39, 0.29) is 0 Å². The molecule has 0 saturated heterocycles. The molecule has 0 bridgehead atoms. The molecule has 0 aromatic carbocycles. The quantitative estimate of drug-likeness (QED) is 0.679. The summed E-state index contributed by atoms with van der Waals surface area (Å²) in [5.74, 6) is 0. The molecule has 0 spiro atoms. The fraction of sp³-hybridized carbons (Fsp3) is 0.667. The molecule has 3 heterocycles. The van der Waals surface area contributed by atoms with Crippen molar-refractivity contribution in [2.75, 3.05) is 26.2 Å². The summed E-state index contributed by atoms with van der Waals surface area (Å²) < 4.78 is 2.32. The molecule has 4 rings (SSSR count). The number of imidazole rings is 1. The van der Waals surface area contributed by atoms with Gasteiger partial charge in [-0.25, -0.2) is 4.98 Å². The Morgan fingerprint density at radius 1 is 0.962 bits per heavy atom. The van der Waals surface area contributed by atoms with Crippen molar-refractivity contribution in [3.8, 4) is 0 Å². The first kappa shape index (κ1) is 18.0. The van der Waals surface area contributed by atoms with E-state index in [0.717, 1.165) is 44.4 Å². The number of nitrogens with zero attached hydrogens (tertiary/aromatic N) is 3. The lowest BCUT2D eigenvalue weighted by Gasteiger charge is -2.27. The minimum atomic E-state index is 0.780. The van der Waals surface area contributed by atoms with Gasteiger partial charge in [0.05, 0.1) is 11.9 Å². The number of pyridine rings is 1. The first-order valence-corrected chi connectivity index (χ1v) is 10.5. The first-order chi connectivity index (χ1) is 12.9. The van der Waals surface area contributed by atoms with E-state index in [9.17, 15) is 0 Å². The van der Waals surface area contributed by atoms with Gasteiger partial charge in [0.1, 0.15) is 5.65 Å². The molecule has 0 unspecified atom stereocenters. The number of nitrogens with one attached hydrogen (secondary N) is 2. The van der Waals surface area contributed by atoms with Crippen LogP contribution in [0.4, 0.5) is 0 Å². The molecule has 0 radical (unpaired) electrons. The third-order valence-electron chi connectivity index (χ3n) is 5.87. The van der Waals surface area contributed by atoms with Crippen molar-refractivity contribution >= 4 is 5.65 Å². The van der Waals surface area contributed by atoms with Gasteiger partial charge in [0.2, 0.25) is 0 Å². The maximum atomic E-state index is 4.52. The van der Waals surface area contributed by atoms with Gasteiger partial charge in [0.15, 0.2) is 0 Å². The van der Waals surface area contributed by atoms with Crippen LogP contribution in [-0.4, -0.2) is 46.5 Å². The summed E-state index contributed by atoms with van der Waals surface area (Å²) in [4.78, 5) is 7.07. The van der Waals surface area contributed by atoms with Crippen molar-refractivity contribution < 1.29 is 0 Å². The smallest absolute Gasteiger partial charge is 0.137 e. The highest BCUT2D eigenvalue weighted by Crippen LogP contribution is 2.20. The third kappa shape index (κ3) is 4.45. The molecule has 26 heavy (non-hydrogen) atoms. The van der Waals surface area contributed by atoms with Gasteiger partial charge in [-0.1, -0.05) is 25.3 Å². The normalized spacial score (nSPS) is 18.6. The van der Waals surface area contributed by atoms with Crippen LogP contribution >= 0.6 is 0 Å². The number of aromatic nitrogens is 2. The predicted octanol–water partition coefficient (Wildman–Crippen LogP) is 2.94. The fourth-order valence-corrected chi connectivity index (χ4v) is 4.46. The Bertz CT molecular complexity index is 689. The molecule has 1 fully saturated rings. The average Bonchev–Trinajstić information content (AvgIpc) is 3.09. The molecule has 1 saturated carbocycles. The van der Waals surface area contributed by atoms with Crippen LogP contribution in [0.2, 0.25) is 0 Å². The first-order valence-electron chi connectivity index (χ1n) is 10.5. The summed E-state index contributed by atoms with van der Waals surface area (Å²) in [6, 6.07) is 7.22. The minimum Gasteiger partial charge on any atom is -0.315 e. The maximum Gasteiger partial charge on any atom is 0.137 e. The van der Waals surface area contributed by atoms with Crippen molar-refractivity contribution in [2.45, 2.75) is 64.1 Å². The largest absolute Gasteiger partial charge is 0.315 e. The van der Waals surface area contributed by atoms with Crippen LogP contribution in [0.5, 0.6) is 0 Å². The van der Waals surface area contributed by atoms with Crippen LogP contribution in [0.25, 0.3) is 5.65 Å². The van der Waals surface area contributed by atoms with Crippen molar-refractivity contribution in [2.24, 2.45) is 0 Å². The van der Waals surface area contributed by atoms with Gasteiger partial charge in [-0.3, -0.25) is 9.30 Å². The van der Waals surface area contributed by atoms with Crippen LogP contribution in [0, 0.1) is 0 Å². The summed E-state index contributed by atoms with van der Waals surface area (Å²) in [5, 5.41) is 7.30. The van der Waals surface area contributed by atoms with Crippen LogP contribution in [-0.2, 0) is 13.1 Å². The summed E-state index contributed by atoms with van der Waals surface area (Å²) in [7, 11) is 0. The number of rotatable bonds is 9. The number of hydrogen-bond acceptors (Lipinski definition) is 4. The lowest BCUT2D eigenvalue weighted by molar-refractivity contribution is 0.229. The summed E-state index contributed by atoms with van der Waals surface area (Å²) in [5.41, 5.74) is 3.78. The van der Waals surface area contributed by atoms with Gasteiger partial charge >= 0.3 is 0 Å². The van der Waals surface area contributed by atoms with E-state index < -0.39 is 0 Å². The molecule has 2 aliphatic rings. The molecule has 2 aromatic heterocycles. The van der Waals surface area contributed by atoms with Gasteiger partial charge in [-0.05, 0) is 50.9 Å². The van der Waals surface area contributed by atoms with Gasteiger partial charge in [0, 0.05) is 37.9 Å². The summed E-state index contributed by atoms with van der Waals surface area (Å²) >= 11 is 0. The Hall–Kier alpha value is -1.43. The molecule has 1 aliphatic carbocycles. The van der Waals surface area contributed by atoms with Crippen LogP contribution < -0.4 is 10.6 Å². The number of unbranched alkanes of at least 4 members (excludes halogenated alkanes) is 1. The second-order valence-corrected chi connectivity index (χ2v) is 7.92. The zero-order chi connectivity index (χ0) is 17.6. The van der Waals surface area contributed by atoms with Gasteiger partial charge in [-0.15, -0.1) is 0 Å². The van der Waals surface area contributed by atoms with Gasteiger partial charge in [0.25, 0.3) is 0 Å². The minimum absolute atomic E-state index is 0.780. The SMILES string of the molecule is c1cc2n3c(cnc3c1)CN(CCCCNCCNC1CCCCC1)C2. The standard InChI is InChI=1S/C21H33N5/c1-2-7-18(8-3-1)23-13-12-22-11-4-5-14-25-16-19-9-6-10-21-24-15-20(17-25)26(19)21/h6,9-10,15,18,22-23H,1-5,7-8,11-14,16-17H2. The summed E-state index contributed by atoms with van der Waals surface area (Å²) in [6.45, 7) is 6.58. The van der Waals surface area contributed by atoms with E-state index in [1.807, 2.05) is 6.20 Å². The van der Waals surface area contributed by atoms with E-state index in [1.165, 1.54) is 62.9 Å². The lowest BCUT2D eigenvalue weighted by atomic mass is 9.95. The van der Waals surface area contributed by atoms with Crippen molar-refractivity contribution in [3.05, 3.63) is 35.8 Å². The highest BCUT2D eigenvalue weighted by molar-refractivity contribution is 5.43.